The summed E-state index contributed by atoms with van der Waals surface area (Å²) in [5.41, 5.74) is 4.95. The lowest BCUT2D eigenvalue weighted by molar-refractivity contribution is 0.101. The summed E-state index contributed by atoms with van der Waals surface area (Å²) >= 11 is 0. The number of nitrogens with zero attached hydrogens (tertiary/aromatic N) is 2. The van der Waals surface area contributed by atoms with E-state index in [-0.39, 0.29) is 22.4 Å². The molecule has 0 bridgehead atoms. The van der Waals surface area contributed by atoms with Gasteiger partial charge in [-0.2, -0.15) is 4.98 Å². The number of benzene rings is 1. The van der Waals surface area contributed by atoms with E-state index in [1.807, 2.05) is 0 Å². The van der Waals surface area contributed by atoms with Crippen LogP contribution in [0, 0.1) is 5.82 Å². The first-order valence-corrected chi connectivity index (χ1v) is 7.15. The second-order valence-electron chi connectivity index (χ2n) is 3.91. The van der Waals surface area contributed by atoms with E-state index in [2.05, 4.69) is 20.5 Å². The van der Waals surface area contributed by atoms with Crippen molar-refractivity contribution in [1.29, 1.82) is 0 Å². The number of hydrogen-bond acceptors (Lipinski definition) is 6. The second kappa shape index (κ2) is 4.89. The summed E-state index contributed by atoms with van der Waals surface area (Å²) in [7, 11) is -3.51. The van der Waals surface area contributed by atoms with Crippen LogP contribution in [0.2, 0.25) is 0 Å². The van der Waals surface area contributed by atoms with Gasteiger partial charge in [0.1, 0.15) is 5.82 Å². The van der Waals surface area contributed by atoms with Crippen molar-refractivity contribution in [2.45, 2.75) is 4.90 Å². The molecular weight excluding hydrogens is 289 g/mol. The van der Waals surface area contributed by atoms with Crippen LogP contribution in [-0.2, 0) is 9.84 Å². The predicted molar refractivity (Wildman–Crippen MR) is 68.3 cm³/mol. The highest BCUT2D eigenvalue weighted by molar-refractivity contribution is 7.90. The Kier molecular flexibility index (Phi) is 3.40. The van der Waals surface area contributed by atoms with Crippen molar-refractivity contribution in [3.63, 3.8) is 0 Å². The van der Waals surface area contributed by atoms with Gasteiger partial charge in [-0.05, 0) is 18.2 Å². The van der Waals surface area contributed by atoms with Crippen molar-refractivity contribution in [2.24, 2.45) is 0 Å². The average molecular weight is 299 g/mol. The molecule has 20 heavy (non-hydrogen) atoms. The zero-order chi connectivity index (χ0) is 14.9. The number of anilines is 2. The molecule has 0 saturated carbocycles. The molecule has 0 atom stereocenters. The fourth-order valence-electron chi connectivity index (χ4n) is 1.39. The first kappa shape index (κ1) is 13.9. The first-order valence-electron chi connectivity index (χ1n) is 5.26. The molecule has 1 aromatic heterocycles. The number of H-pyrrole nitrogens is 1. The topological polar surface area (TPSA) is 131 Å². The van der Waals surface area contributed by atoms with Crippen molar-refractivity contribution in [1.82, 2.24) is 15.2 Å². The molecule has 8 nitrogen and oxygen atoms in total. The van der Waals surface area contributed by atoms with Gasteiger partial charge in [0.25, 0.3) is 5.91 Å². The predicted octanol–water partition coefficient (Wildman–Crippen LogP) is 0.182. The number of nitrogen functional groups attached to an aromatic ring is 1. The van der Waals surface area contributed by atoms with Crippen LogP contribution < -0.4 is 11.1 Å². The van der Waals surface area contributed by atoms with Crippen molar-refractivity contribution in [3.8, 4) is 0 Å². The molecule has 0 unspecified atom stereocenters. The standard InChI is InChI=1S/C10H10FN5O3S/c1-20(18,19)5-2-3-6(11)7(4-5)13-9(17)8-14-10(12)16-15-8/h2-4H,1H3,(H,13,17)(H3,12,14,15,16). The molecule has 2 aromatic rings. The minimum absolute atomic E-state index is 0.119. The molecule has 2 rings (SSSR count). The normalized spacial score (nSPS) is 11.3. The number of nitrogens with two attached hydrogens (primary N) is 1. The number of halogens is 1. The largest absolute Gasteiger partial charge is 0.366 e. The van der Waals surface area contributed by atoms with Crippen molar-refractivity contribution < 1.29 is 17.6 Å². The maximum absolute atomic E-state index is 13.6. The van der Waals surface area contributed by atoms with Gasteiger partial charge in [0.05, 0.1) is 10.6 Å². The van der Waals surface area contributed by atoms with E-state index in [4.69, 9.17) is 5.73 Å². The highest BCUT2D eigenvalue weighted by Gasteiger charge is 2.16. The van der Waals surface area contributed by atoms with E-state index in [1.54, 1.807) is 0 Å². The monoisotopic (exact) mass is 299 g/mol. The summed E-state index contributed by atoms with van der Waals surface area (Å²) in [6.45, 7) is 0. The number of aromatic amines is 1. The summed E-state index contributed by atoms with van der Waals surface area (Å²) < 4.78 is 36.3. The van der Waals surface area contributed by atoms with Gasteiger partial charge in [-0.1, -0.05) is 0 Å². The highest BCUT2D eigenvalue weighted by atomic mass is 32.2. The maximum Gasteiger partial charge on any atom is 0.293 e. The van der Waals surface area contributed by atoms with E-state index < -0.39 is 21.6 Å². The molecule has 0 aliphatic rings. The van der Waals surface area contributed by atoms with Crippen molar-refractivity contribution >= 4 is 27.4 Å². The Morgan fingerprint density at radius 2 is 2.15 bits per heavy atom. The number of amides is 1. The Hall–Kier alpha value is -2.49. The number of sulfone groups is 1. The van der Waals surface area contributed by atoms with Crippen molar-refractivity contribution in [2.75, 3.05) is 17.3 Å². The number of carbonyl (C=O) groups excluding carboxylic acids is 1. The SMILES string of the molecule is CS(=O)(=O)c1ccc(F)c(NC(=O)c2nc(N)n[nH]2)c1. The Balaban J connectivity index is 2.31. The Bertz CT molecular complexity index is 771. The molecule has 1 heterocycles. The van der Waals surface area contributed by atoms with Gasteiger partial charge in [0.2, 0.25) is 11.8 Å². The van der Waals surface area contributed by atoms with Crippen LogP contribution in [0.4, 0.5) is 16.0 Å². The molecule has 0 aliphatic heterocycles. The molecule has 106 valence electrons. The van der Waals surface area contributed by atoms with Gasteiger partial charge < -0.3 is 11.1 Å². The summed E-state index contributed by atoms with van der Waals surface area (Å²) in [5, 5.41) is 7.89. The molecule has 1 aromatic carbocycles. The van der Waals surface area contributed by atoms with E-state index >= 15 is 0 Å². The van der Waals surface area contributed by atoms with E-state index in [1.165, 1.54) is 0 Å². The first-order chi connectivity index (χ1) is 9.27. The molecular formula is C10H10FN5O3S. The third kappa shape index (κ3) is 2.91. The fraction of sp³-hybridized carbons (Fsp3) is 0.100. The fourth-order valence-corrected chi connectivity index (χ4v) is 2.04. The summed E-state index contributed by atoms with van der Waals surface area (Å²) in [6, 6.07) is 3.07. The van der Waals surface area contributed by atoms with Gasteiger partial charge in [0, 0.05) is 6.26 Å². The Morgan fingerprint density at radius 3 is 2.70 bits per heavy atom. The van der Waals surface area contributed by atoms with Crippen LogP contribution in [0.3, 0.4) is 0 Å². The lowest BCUT2D eigenvalue weighted by Crippen LogP contribution is -2.15. The van der Waals surface area contributed by atoms with E-state index in [0.29, 0.717) is 0 Å². The molecule has 0 spiro atoms. The quantitative estimate of drug-likeness (QED) is 0.693. The number of carbonyl (C=O) groups is 1. The summed E-state index contributed by atoms with van der Waals surface area (Å²) in [5.74, 6) is -1.93. The lowest BCUT2D eigenvalue weighted by Gasteiger charge is -2.06. The minimum atomic E-state index is -3.51. The van der Waals surface area contributed by atoms with Crippen LogP contribution in [0.25, 0.3) is 0 Å². The maximum atomic E-state index is 13.6. The van der Waals surface area contributed by atoms with Crippen LogP contribution in [0.5, 0.6) is 0 Å². The molecule has 1 amide bonds. The Morgan fingerprint density at radius 1 is 1.45 bits per heavy atom. The smallest absolute Gasteiger partial charge is 0.293 e. The third-order valence-electron chi connectivity index (χ3n) is 2.33. The molecule has 10 heteroatoms. The number of rotatable bonds is 3. The molecule has 4 N–H and O–H groups in total. The molecule has 0 fully saturated rings. The van der Waals surface area contributed by atoms with Crippen LogP contribution in [0.1, 0.15) is 10.6 Å². The zero-order valence-electron chi connectivity index (χ0n) is 10.2. The summed E-state index contributed by atoms with van der Waals surface area (Å²) in [4.78, 5) is 15.2. The average Bonchev–Trinajstić information content (AvgIpc) is 2.77. The van der Waals surface area contributed by atoms with Gasteiger partial charge >= 0.3 is 0 Å². The zero-order valence-corrected chi connectivity index (χ0v) is 11.0. The number of hydrogen-bond donors (Lipinski definition) is 3. The van der Waals surface area contributed by atoms with Crippen LogP contribution in [0.15, 0.2) is 23.1 Å². The van der Waals surface area contributed by atoms with Gasteiger partial charge in [-0.15, -0.1) is 5.10 Å². The van der Waals surface area contributed by atoms with E-state index in [9.17, 15) is 17.6 Å². The van der Waals surface area contributed by atoms with E-state index in [0.717, 1.165) is 24.5 Å². The van der Waals surface area contributed by atoms with Crippen molar-refractivity contribution in [3.05, 3.63) is 29.8 Å². The Labute approximate surface area is 113 Å². The second-order valence-corrected chi connectivity index (χ2v) is 5.93. The van der Waals surface area contributed by atoms with Crippen LogP contribution in [-0.4, -0.2) is 35.8 Å². The summed E-state index contributed by atoms with van der Waals surface area (Å²) in [6.07, 6.45) is 0.975. The minimum Gasteiger partial charge on any atom is -0.366 e. The third-order valence-corrected chi connectivity index (χ3v) is 3.44. The molecule has 0 saturated heterocycles. The highest BCUT2D eigenvalue weighted by Crippen LogP contribution is 2.20. The van der Waals surface area contributed by atoms with Crippen LogP contribution >= 0.6 is 0 Å². The van der Waals surface area contributed by atoms with Gasteiger partial charge in [-0.25, -0.2) is 12.8 Å². The van der Waals surface area contributed by atoms with Gasteiger partial charge in [0.15, 0.2) is 9.84 Å². The van der Waals surface area contributed by atoms with Gasteiger partial charge in [-0.3, -0.25) is 9.89 Å². The lowest BCUT2D eigenvalue weighted by atomic mass is 10.3. The molecule has 0 radical (unpaired) electrons. The molecule has 0 aliphatic carbocycles. The number of nitrogens with one attached hydrogen (secondary N) is 2. The number of aromatic nitrogens is 3.